The van der Waals surface area contributed by atoms with Gasteiger partial charge in [0.25, 0.3) is 0 Å². The Balaban J connectivity index is 2.32. The molecule has 1 amide bonds. The maximum absolute atomic E-state index is 12.3. The van der Waals surface area contributed by atoms with Crippen LogP contribution in [0.4, 0.5) is 5.00 Å². The summed E-state index contributed by atoms with van der Waals surface area (Å²) in [5.41, 5.74) is 1.35. The van der Waals surface area contributed by atoms with E-state index in [1.165, 1.54) is 11.3 Å². The van der Waals surface area contributed by atoms with Gasteiger partial charge in [-0.3, -0.25) is 4.79 Å². The second-order valence-corrected chi connectivity index (χ2v) is 6.69. The van der Waals surface area contributed by atoms with E-state index in [9.17, 15) is 19.5 Å². The van der Waals surface area contributed by atoms with Crippen LogP contribution >= 0.6 is 11.3 Å². The Hall–Kier alpha value is -2.15. The summed E-state index contributed by atoms with van der Waals surface area (Å²) in [5.74, 6) is -1.95. The maximum Gasteiger partial charge on any atom is 0.341 e. The fourth-order valence-corrected chi connectivity index (χ4v) is 4.16. The Labute approximate surface area is 144 Å². The van der Waals surface area contributed by atoms with Crippen LogP contribution in [0.1, 0.15) is 47.5 Å². The van der Waals surface area contributed by atoms with E-state index < -0.39 is 17.8 Å². The van der Waals surface area contributed by atoms with Crippen molar-refractivity contribution in [3.8, 4) is 0 Å². The average Bonchev–Trinajstić information content (AvgIpc) is 2.89. The number of esters is 1. The van der Waals surface area contributed by atoms with E-state index in [0.29, 0.717) is 22.6 Å². The van der Waals surface area contributed by atoms with Crippen LogP contribution in [-0.2, 0) is 27.2 Å². The molecule has 0 spiro atoms. The van der Waals surface area contributed by atoms with E-state index in [-0.39, 0.29) is 6.61 Å². The smallest absolute Gasteiger partial charge is 0.341 e. The quantitative estimate of drug-likeness (QED) is 0.622. The minimum absolute atomic E-state index is 0.249. The Bertz CT molecular complexity index is 677. The van der Waals surface area contributed by atoms with Crippen molar-refractivity contribution in [2.75, 3.05) is 11.9 Å². The van der Waals surface area contributed by atoms with E-state index in [0.717, 1.165) is 42.2 Å². The van der Waals surface area contributed by atoms with Crippen LogP contribution in [0.2, 0.25) is 0 Å². The molecule has 1 heterocycles. The molecule has 7 heteroatoms. The lowest BCUT2D eigenvalue weighted by Gasteiger charge is -2.20. The Morgan fingerprint density at radius 2 is 2.08 bits per heavy atom. The van der Waals surface area contributed by atoms with Gasteiger partial charge in [0.2, 0.25) is 5.91 Å². The Kier molecular flexibility index (Phi) is 6.14. The molecule has 1 aromatic rings. The number of carboxylic acids is 1. The number of hydrogen-bond acceptors (Lipinski definition) is 6. The van der Waals surface area contributed by atoms with Gasteiger partial charge in [-0.1, -0.05) is 13.3 Å². The normalized spacial score (nSPS) is 16.7. The van der Waals surface area contributed by atoms with E-state index >= 15 is 0 Å². The molecule has 130 valence electrons. The van der Waals surface area contributed by atoms with Gasteiger partial charge in [0.05, 0.1) is 18.1 Å². The zero-order valence-corrected chi connectivity index (χ0v) is 14.5. The van der Waals surface area contributed by atoms with Gasteiger partial charge in [-0.15, -0.1) is 11.3 Å². The summed E-state index contributed by atoms with van der Waals surface area (Å²) in [7, 11) is 0. The van der Waals surface area contributed by atoms with Gasteiger partial charge in [-0.05, 0) is 43.7 Å². The number of aliphatic carboxylic acids is 1. The van der Waals surface area contributed by atoms with Crippen molar-refractivity contribution in [2.45, 2.75) is 39.5 Å². The fraction of sp³-hybridized carbons (Fsp3) is 0.471. The van der Waals surface area contributed by atoms with Crippen molar-refractivity contribution in [1.29, 1.82) is 0 Å². The molecule has 2 rings (SSSR count). The molecular weight excluding hydrogens is 330 g/mol. The van der Waals surface area contributed by atoms with Crippen LogP contribution in [0, 0.1) is 5.92 Å². The van der Waals surface area contributed by atoms with Gasteiger partial charge in [-0.25, -0.2) is 4.79 Å². The summed E-state index contributed by atoms with van der Waals surface area (Å²) >= 11 is 1.37. The largest absolute Gasteiger partial charge is 0.545 e. The van der Waals surface area contributed by atoms with Crippen molar-refractivity contribution in [3.05, 3.63) is 28.2 Å². The van der Waals surface area contributed by atoms with E-state index in [1.807, 2.05) is 0 Å². The molecule has 6 nitrogen and oxygen atoms in total. The SMILES string of the molecule is CCOC(=O)c1c(NC(=O)C=CC(=O)[O-])sc2c1CC[C@@H](CC)C2. The van der Waals surface area contributed by atoms with Crippen molar-refractivity contribution < 1.29 is 24.2 Å². The number of thiophene rings is 1. The molecule has 1 aromatic heterocycles. The molecule has 24 heavy (non-hydrogen) atoms. The summed E-state index contributed by atoms with van der Waals surface area (Å²) in [6.45, 7) is 4.12. The number of fused-ring (bicyclic) bond motifs is 1. The van der Waals surface area contributed by atoms with E-state index in [4.69, 9.17) is 4.74 Å². The third-order valence-electron chi connectivity index (χ3n) is 4.03. The fourth-order valence-electron chi connectivity index (χ4n) is 2.81. The maximum atomic E-state index is 12.3. The van der Waals surface area contributed by atoms with E-state index in [2.05, 4.69) is 12.2 Å². The molecule has 1 aliphatic carbocycles. The van der Waals surface area contributed by atoms with E-state index in [1.54, 1.807) is 6.92 Å². The first-order valence-electron chi connectivity index (χ1n) is 7.97. The summed E-state index contributed by atoms with van der Waals surface area (Å²) in [6.07, 6.45) is 5.27. The average molecular weight is 350 g/mol. The standard InChI is InChI=1S/C17H21NO5S/c1-3-10-5-6-11-12(9-10)24-16(15(11)17(22)23-4-2)18-13(19)7-8-14(20)21/h7-8,10H,3-6,9H2,1-2H3,(H,18,19)(H,20,21)/p-1/t10-/m1/s1. The first kappa shape index (κ1) is 18.2. The highest BCUT2D eigenvalue weighted by molar-refractivity contribution is 7.17. The number of hydrogen-bond donors (Lipinski definition) is 1. The minimum Gasteiger partial charge on any atom is -0.545 e. The highest BCUT2D eigenvalue weighted by Crippen LogP contribution is 2.40. The summed E-state index contributed by atoms with van der Waals surface area (Å²) in [5, 5.41) is 13.4. The van der Waals surface area contributed by atoms with Gasteiger partial charge in [0, 0.05) is 11.0 Å². The monoisotopic (exact) mass is 350 g/mol. The number of rotatable bonds is 6. The highest BCUT2D eigenvalue weighted by atomic mass is 32.1. The Morgan fingerprint density at radius 3 is 2.71 bits per heavy atom. The Morgan fingerprint density at radius 1 is 1.33 bits per heavy atom. The first-order valence-corrected chi connectivity index (χ1v) is 8.79. The number of amides is 1. The second kappa shape index (κ2) is 8.10. The minimum atomic E-state index is -1.45. The molecule has 0 saturated heterocycles. The van der Waals surface area contributed by atoms with Crippen LogP contribution in [0.3, 0.4) is 0 Å². The van der Waals surface area contributed by atoms with Crippen LogP contribution in [0.25, 0.3) is 0 Å². The predicted molar refractivity (Wildman–Crippen MR) is 88.9 cm³/mol. The van der Waals surface area contributed by atoms with Crippen LogP contribution in [0.15, 0.2) is 12.2 Å². The highest BCUT2D eigenvalue weighted by Gasteiger charge is 2.29. The lowest BCUT2D eigenvalue weighted by atomic mass is 9.85. The molecule has 1 aliphatic rings. The molecule has 0 aromatic carbocycles. The van der Waals surface area contributed by atoms with Crippen LogP contribution in [-0.4, -0.2) is 24.5 Å². The third kappa shape index (κ3) is 4.23. The molecule has 0 radical (unpaired) electrons. The number of carbonyl (C=O) groups excluding carboxylic acids is 3. The molecule has 0 aliphatic heterocycles. The molecule has 0 saturated carbocycles. The second-order valence-electron chi connectivity index (χ2n) is 5.59. The topological polar surface area (TPSA) is 95.5 Å². The predicted octanol–water partition coefficient (Wildman–Crippen LogP) is 1.68. The molecule has 1 N–H and O–H groups in total. The number of carboxylic acid groups (broad SMARTS) is 1. The number of anilines is 1. The van der Waals surface area contributed by atoms with Crippen molar-refractivity contribution in [1.82, 2.24) is 0 Å². The molecule has 0 bridgehead atoms. The molecular formula is C17H20NO5S-. The van der Waals surface area contributed by atoms with Crippen molar-refractivity contribution in [3.63, 3.8) is 0 Å². The zero-order chi connectivity index (χ0) is 17.7. The lowest BCUT2D eigenvalue weighted by molar-refractivity contribution is -0.297. The zero-order valence-electron chi connectivity index (χ0n) is 13.7. The van der Waals surface area contributed by atoms with Gasteiger partial charge < -0.3 is 20.0 Å². The van der Waals surface area contributed by atoms with Crippen molar-refractivity contribution >= 4 is 34.2 Å². The summed E-state index contributed by atoms with van der Waals surface area (Å²) < 4.78 is 5.12. The summed E-state index contributed by atoms with van der Waals surface area (Å²) in [6, 6.07) is 0. The van der Waals surface area contributed by atoms with Crippen LogP contribution in [0.5, 0.6) is 0 Å². The summed E-state index contributed by atoms with van der Waals surface area (Å²) in [4.78, 5) is 35.6. The molecule has 0 fully saturated rings. The molecule has 1 atom stereocenters. The van der Waals surface area contributed by atoms with Gasteiger partial charge in [-0.2, -0.15) is 0 Å². The van der Waals surface area contributed by atoms with Crippen LogP contribution < -0.4 is 10.4 Å². The first-order chi connectivity index (χ1) is 11.5. The van der Waals surface area contributed by atoms with Gasteiger partial charge in [0.1, 0.15) is 5.00 Å². The van der Waals surface area contributed by atoms with Gasteiger partial charge >= 0.3 is 5.97 Å². The number of carbonyl (C=O) groups is 3. The van der Waals surface area contributed by atoms with Gasteiger partial charge in [0.15, 0.2) is 0 Å². The van der Waals surface area contributed by atoms with Crippen molar-refractivity contribution in [2.24, 2.45) is 5.92 Å². The number of ether oxygens (including phenoxy) is 1. The third-order valence-corrected chi connectivity index (χ3v) is 5.20. The lowest BCUT2D eigenvalue weighted by Crippen LogP contribution is -2.20. The number of nitrogens with one attached hydrogen (secondary N) is 1. The molecule has 0 unspecified atom stereocenters.